The van der Waals surface area contributed by atoms with Gasteiger partial charge in [-0.3, -0.25) is 4.90 Å². The molecule has 0 aromatic carbocycles. The Morgan fingerprint density at radius 3 is 2.86 bits per heavy atom. The lowest BCUT2D eigenvalue weighted by molar-refractivity contribution is 0.270. The van der Waals surface area contributed by atoms with Crippen LogP contribution in [0.1, 0.15) is 44.4 Å². The zero-order chi connectivity index (χ0) is 15.2. The van der Waals surface area contributed by atoms with Gasteiger partial charge in [-0.25, -0.2) is 4.98 Å². The normalized spacial score (nSPS) is 19.1. The Labute approximate surface area is 128 Å². The molecule has 1 saturated heterocycles. The van der Waals surface area contributed by atoms with Crippen LogP contribution in [-0.4, -0.2) is 47.7 Å². The van der Waals surface area contributed by atoms with Gasteiger partial charge in [0.2, 0.25) is 0 Å². The Morgan fingerprint density at radius 2 is 2.19 bits per heavy atom. The van der Waals surface area contributed by atoms with Crippen LogP contribution >= 0.6 is 0 Å². The van der Waals surface area contributed by atoms with E-state index in [0.717, 1.165) is 43.0 Å². The molecule has 118 valence electrons. The minimum absolute atomic E-state index is 0.0879. The van der Waals surface area contributed by atoms with E-state index in [0.29, 0.717) is 6.04 Å². The number of aromatic nitrogens is 1. The molecular formula is C17H29N3O. The molecule has 1 atom stereocenters. The second-order valence-electron chi connectivity index (χ2n) is 6.04. The summed E-state index contributed by atoms with van der Waals surface area (Å²) in [6, 6.07) is 4.67. The molecule has 2 rings (SSSR count). The van der Waals surface area contributed by atoms with Crippen LogP contribution in [0, 0.1) is 0 Å². The quantitative estimate of drug-likeness (QED) is 0.837. The largest absolute Gasteiger partial charge is 0.392 e. The lowest BCUT2D eigenvalue weighted by Gasteiger charge is -2.28. The smallest absolute Gasteiger partial charge is 0.128 e. The van der Waals surface area contributed by atoms with Gasteiger partial charge >= 0.3 is 0 Å². The fourth-order valence-corrected chi connectivity index (χ4v) is 3.23. The number of aliphatic hydroxyl groups excluding tert-OH is 1. The number of anilines is 1. The van der Waals surface area contributed by atoms with Crippen LogP contribution in [0.15, 0.2) is 12.1 Å². The summed E-state index contributed by atoms with van der Waals surface area (Å²) in [5.74, 6) is 0.993. The number of likely N-dealkylation sites (N-methyl/N-ethyl adjacent to an activating group) is 2. The topological polar surface area (TPSA) is 39.6 Å². The second kappa shape index (κ2) is 7.76. The second-order valence-corrected chi connectivity index (χ2v) is 6.04. The van der Waals surface area contributed by atoms with Gasteiger partial charge in [-0.1, -0.05) is 20.3 Å². The van der Waals surface area contributed by atoms with Crippen molar-refractivity contribution < 1.29 is 5.11 Å². The zero-order valence-corrected chi connectivity index (χ0v) is 13.7. The summed E-state index contributed by atoms with van der Waals surface area (Å²) < 4.78 is 0. The number of aryl methyl sites for hydroxylation is 1. The fraction of sp³-hybridized carbons (Fsp3) is 0.706. The van der Waals surface area contributed by atoms with Crippen LogP contribution in [0.2, 0.25) is 0 Å². The number of pyridine rings is 1. The standard InChI is InChI=1S/C17H29N3O/c1-4-7-15-10-14(13-21)11-17(18-15)19(3)12-16-8-6-9-20(16)5-2/h10-11,16,21H,4-9,12-13H2,1-3H3. The molecule has 4 nitrogen and oxygen atoms in total. The third kappa shape index (κ3) is 4.17. The minimum Gasteiger partial charge on any atom is -0.392 e. The summed E-state index contributed by atoms with van der Waals surface area (Å²) in [4.78, 5) is 9.56. The van der Waals surface area contributed by atoms with Crippen molar-refractivity contribution in [2.24, 2.45) is 0 Å². The molecule has 1 aromatic rings. The van der Waals surface area contributed by atoms with Crippen LogP contribution in [0.25, 0.3) is 0 Å². The van der Waals surface area contributed by atoms with Crippen molar-refractivity contribution >= 4 is 5.82 Å². The molecule has 21 heavy (non-hydrogen) atoms. The number of rotatable bonds is 7. The van der Waals surface area contributed by atoms with Gasteiger partial charge in [0.1, 0.15) is 5.82 Å². The van der Waals surface area contributed by atoms with E-state index >= 15 is 0 Å². The predicted octanol–water partition coefficient (Wildman–Crippen LogP) is 2.45. The monoisotopic (exact) mass is 291 g/mol. The minimum atomic E-state index is 0.0879. The molecule has 1 aromatic heterocycles. The van der Waals surface area contributed by atoms with Crippen LogP contribution in [-0.2, 0) is 13.0 Å². The molecule has 1 aliphatic heterocycles. The van der Waals surface area contributed by atoms with Crippen LogP contribution in [0.4, 0.5) is 5.82 Å². The maximum absolute atomic E-state index is 9.45. The molecule has 2 heterocycles. The molecule has 0 amide bonds. The van der Waals surface area contributed by atoms with Crippen LogP contribution in [0.3, 0.4) is 0 Å². The summed E-state index contributed by atoms with van der Waals surface area (Å²) in [6.07, 6.45) is 4.63. The highest BCUT2D eigenvalue weighted by Gasteiger charge is 2.24. The first-order valence-electron chi connectivity index (χ1n) is 8.23. The van der Waals surface area contributed by atoms with Crippen molar-refractivity contribution in [2.75, 3.05) is 31.6 Å². The lowest BCUT2D eigenvalue weighted by Crippen LogP contribution is -2.39. The molecule has 0 spiro atoms. The third-order valence-corrected chi connectivity index (χ3v) is 4.39. The number of aliphatic hydroxyl groups is 1. The Morgan fingerprint density at radius 1 is 1.38 bits per heavy atom. The fourth-order valence-electron chi connectivity index (χ4n) is 3.23. The molecule has 1 N–H and O–H groups in total. The van der Waals surface area contributed by atoms with Gasteiger partial charge in [-0.15, -0.1) is 0 Å². The van der Waals surface area contributed by atoms with Crippen LogP contribution in [0.5, 0.6) is 0 Å². The molecule has 0 aliphatic carbocycles. The van der Waals surface area contributed by atoms with E-state index in [1.807, 2.05) is 12.1 Å². The number of nitrogens with zero attached hydrogens (tertiary/aromatic N) is 3. The van der Waals surface area contributed by atoms with E-state index in [1.54, 1.807) is 0 Å². The van der Waals surface area contributed by atoms with Crippen molar-refractivity contribution in [3.05, 3.63) is 23.4 Å². The summed E-state index contributed by atoms with van der Waals surface area (Å²) in [7, 11) is 2.12. The average molecular weight is 291 g/mol. The van der Waals surface area contributed by atoms with Gasteiger partial charge in [-0.2, -0.15) is 0 Å². The van der Waals surface area contributed by atoms with Crippen molar-refractivity contribution in [1.82, 2.24) is 9.88 Å². The summed E-state index contributed by atoms with van der Waals surface area (Å²) in [5.41, 5.74) is 2.05. The number of hydrogen-bond donors (Lipinski definition) is 1. The van der Waals surface area contributed by atoms with E-state index in [4.69, 9.17) is 4.98 Å². The Hall–Kier alpha value is -1.13. The Kier molecular flexibility index (Phi) is 6.00. The molecule has 1 fully saturated rings. The predicted molar refractivity (Wildman–Crippen MR) is 87.7 cm³/mol. The first-order chi connectivity index (χ1) is 10.2. The van der Waals surface area contributed by atoms with Gasteiger partial charge in [0, 0.05) is 25.3 Å². The van der Waals surface area contributed by atoms with E-state index in [1.165, 1.54) is 19.4 Å². The Bertz CT molecular complexity index is 450. The maximum Gasteiger partial charge on any atom is 0.128 e. The summed E-state index contributed by atoms with van der Waals surface area (Å²) >= 11 is 0. The highest BCUT2D eigenvalue weighted by Crippen LogP contribution is 2.21. The number of hydrogen-bond acceptors (Lipinski definition) is 4. The molecule has 4 heteroatoms. The van der Waals surface area contributed by atoms with E-state index < -0.39 is 0 Å². The summed E-state index contributed by atoms with van der Waals surface area (Å²) in [5, 5.41) is 9.45. The van der Waals surface area contributed by atoms with Gasteiger partial charge < -0.3 is 10.0 Å². The van der Waals surface area contributed by atoms with Crippen molar-refractivity contribution in [1.29, 1.82) is 0 Å². The van der Waals surface area contributed by atoms with Gasteiger partial charge in [0.15, 0.2) is 0 Å². The van der Waals surface area contributed by atoms with E-state index in [9.17, 15) is 5.11 Å². The number of likely N-dealkylation sites (tertiary alicyclic amines) is 1. The summed E-state index contributed by atoms with van der Waals surface area (Å²) in [6.45, 7) is 7.85. The first kappa shape index (κ1) is 16.2. The maximum atomic E-state index is 9.45. The van der Waals surface area contributed by atoms with Gasteiger partial charge in [0.05, 0.1) is 6.61 Å². The third-order valence-electron chi connectivity index (χ3n) is 4.39. The highest BCUT2D eigenvalue weighted by molar-refractivity contribution is 5.42. The Balaban J connectivity index is 2.10. The van der Waals surface area contributed by atoms with Gasteiger partial charge in [-0.05, 0) is 50.0 Å². The molecular weight excluding hydrogens is 262 g/mol. The van der Waals surface area contributed by atoms with E-state index in [-0.39, 0.29) is 6.61 Å². The van der Waals surface area contributed by atoms with Crippen molar-refractivity contribution in [3.8, 4) is 0 Å². The first-order valence-corrected chi connectivity index (χ1v) is 8.23. The van der Waals surface area contributed by atoms with Crippen molar-refractivity contribution in [2.45, 2.75) is 52.2 Å². The molecule has 0 radical (unpaired) electrons. The van der Waals surface area contributed by atoms with Crippen LogP contribution < -0.4 is 4.90 Å². The van der Waals surface area contributed by atoms with Crippen molar-refractivity contribution in [3.63, 3.8) is 0 Å². The van der Waals surface area contributed by atoms with Gasteiger partial charge in [0.25, 0.3) is 0 Å². The molecule has 0 bridgehead atoms. The highest BCUT2D eigenvalue weighted by atomic mass is 16.3. The molecule has 1 aliphatic rings. The average Bonchev–Trinajstić information content (AvgIpc) is 2.94. The lowest BCUT2D eigenvalue weighted by atomic mass is 10.1. The SMILES string of the molecule is CCCc1cc(CO)cc(N(C)CC2CCCN2CC)n1. The van der Waals surface area contributed by atoms with E-state index in [2.05, 4.69) is 30.7 Å². The zero-order valence-electron chi connectivity index (χ0n) is 13.7. The molecule has 0 saturated carbocycles. The molecule has 1 unspecified atom stereocenters.